The van der Waals surface area contributed by atoms with Crippen LogP contribution >= 0.6 is 11.6 Å². The van der Waals surface area contributed by atoms with Crippen molar-refractivity contribution in [2.45, 2.75) is 6.10 Å². The molecule has 0 bridgehead atoms. The number of hydrogen-bond acceptors (Lipinski definition) is 4. The van der Waals surface area contributed by atoms with E-state index in [0.29, 0.717) is 17.3 Å². The molecular formula is C10H15ClN2O2. The lowest BCUT2D eigenvalue weighted by atomic mass is 10.2. The number of hydrogen-bond donors (Lipinski definition) is 3. The molecule has 1 rings (SSSR count). The zero-order chi connectivity index (χ0) is 11.3. The molecule has 4 N–H and O–H groups in total. The molecule has 84 valence electrons. The third-order valence-corrected chi connectivity index (χ3v) is 2.27. The Hall–Kier alpha value is -0.970. The van der Waals surface area contributed by atoms with Crippen LogP contribution in [0.3, 0.4) is 0 Å². The largest absolute Gasteiger partial charge is 0.396 e. The van der Waals surface area contributed by atoms with Crippen molar-refractivity contribution in [1.29, 1.82) is 0 Å². The monoisotopic (exact) mass is 230 g/mol. The summed E-state index contributed by atoms with van der Waals surface area (Å²) in [6.07, 6.45) is -0.562. The molecule has 0 saturated carbocycles. The van der Waals surface area contributed by atoms with Gasteiger partial charge in [-0.15, -0.1) is 0 Å². The van der Waals surface area contributed by atoms with Gasteiger partial charge in [0.15, 0.2) is 0 Å². The van der Waals surface area contributed by atoms with Gasteiger partial charge in [-0.2, -0.15) is 0 Å². The molecule has 0 aliphatic carbocycles. The Bertz CT molecular complexity index is 320. The Kier molecular flexibility index (Phi) is 4.68. The highest BCUT2D eigenvalue weighted by Crippen LogP contribution is 2.26. The fourth-order valence-electron chi connectivity index (χ4n) is 1.17. The van der Waals surface area contributed by atoms with Gasteiger partial charge in [0.25, 0.3) is 0 Å². The lowest BCUT2D eigenvalue weighted by Gasteiger charge is -2.13. The van der Waals surface area contributed by atoms with Gasteiger partial charge in [-0.1, -0.05) is 17.7 Å². The number of methoxy groups -OCH3 is 1. The summed E-state index contributed by atoms with van der Waals surface area (Å²) in [6, 6.07) is 5.32. The molecule has 0 radical (unpaired) electrons. The summed E-state index contributed by atoms with van der Waals surface area (Å²) in [5.41, 5.74) is 6.95. The number of benzene rings is 1. The molecule has 15 heavy (non-hydrogen) atoms. The number of nitrogens with one attached hydrogen (secondary N) is 1. The molecule has 0 aliphatic heterocycles. The minimum Gasteiger partial charge on any atom is -0.396 e. The average molecular weight is 231 g/mol. The minimum absolute atomic E-state index is 0.285. The van der Waals surface area contributed by atoms with Crippen LogP contribution in [0.15, 0.2) is 18.2 Å². The summed E-state index contributed by atoms with van der Waals surface area (Å²) in [4.78, 5) is 0. The van der Waals surface area contributed by atoms with Gasteiger partial charge in [0.1, 0.15) is 0 Å². The Labute approximate surface area is 94.0 Å². The van der Waals surface area contributed by atoms with Crippen LogP contribution < -0.4 is 11.1 Å². The SMILES string of the molecule is COCC(O)CNc1cccc(Cl)c1N. The van der Waals surface area contributed by atoms with E-state index >= 15 is 0 Å². The fourth-order valence-corrected chi connectivity index (χ4v) is 1.34. The maximum atomic E-state index is 9.41. The number of nitrogens with two attached hydrogens (primary N) is 1. The average Bonchev–Trinajstić information content (AvgIpc) is 2.21. The van der Waals surface area contributed by atoms with E-state index < -0.39 is 6.10 Å². The predicted molar refractivity (Wildman–Crippen MR) is 62.2 cm³/mol. The number of para-hydroxylation sites is 1. The maximum absolute atomic E-state index is 9.41. The van der Waals surface area contributed by atoms with Gasteiger partial charge in [-0.3, -0.25) is 0 Å². The van der Waals surface area contributed by atoms with E-state index in [2.05, 4.69) is 5.32 Å². The van der Waals surface area contributed by atoms with Crippen molar-refractivity contribution in [3.05, 3.63) is 23.2 Å². The number of rotatable bonds is 5. The van der Waals surface area contributed by atoms with Gasteiger partial charge in [0.05, 0.1) is 29.1 Å². The molecule has 1 aromatic rings. The van der Waals surface area contributed by atoms with Crippen LogP contribution in [0.1, 0.15) is 0 Å². The molecule has 0 saturated heterocycles. The number of anilines is 2. The van der Waals surface area contributed by atoms with E-state index in [-0.39, 0.29) is 6.61 Å². The van der Waals surface area contributed by atoms with Crippen LogP contribution in [0.5, 0.6) is 0 Å². The molecule has 0 spiro atoms. The predicted octanol–water partition coefficient (Wildman–Crippen LogP) is 1.34. The Morgan fingerprint density at radius 2 is 2.33 bits per heavy atom. The first-order chi connectivity index (χ1) is 7.15. The van der Waals surface area contributed by atoms with Gasteiger partial charge in [0, 0.05) is 13.7 Å². The molecule has 1 aromatic carbocycles. The van der Waals surface area contributed by atoms with E-state index in [1.165, 1.54) is 7.11 Å². The quantitative estimate of drug-likeness (QED) is 0.668. The zero-order valence-corrected chi connectivity index (χ0v) is 9.29. The second-order valence-electron chi connectivity index (χ2n) is 3.19. The first-order valence-corrected chi connectivity index (χ1v) is 4.97. The van der Waals surface area contributed by atoms with E-state index in [1.54, 1.807) is 18.2 Å². The number of aliphatic hydroxyl groups is 1. The van der Waals surface area contributed by atoms with Crippen LogP contribution in [0, 0.1) is 0 Å². The Morgan fingerprint density at radius 3 is 3.00 bits per heavy atom. The number of nitrogen functional groups attached to an aromatic ring is 1. The summed E-state index contributed by atoms with van der Waals surface area (Å²) in [5, 5.41) is 12.9. The first-order valence-electron chi connectivity index (χ1n) is 4.60. The molecule has 0 aliphatic rings. The number of halogens is 1. The molecule has 0 aromatic heterocycles. The van der Waals surface area contributed by atoms with Gasteiger partial charge in [-0.05, 0) is 12.1 Å². The topological polar surface area (TPSA) is 67.5 Å². The number of aliphatic hydroxyl groups excluding tert-OH is 1. The van der Waals surface area contributed by atoms with Crippen molar-refractivity contribution in [2.24, 2.45) is 0 Å². The zero-order valence-electron chi connectivity index (χ0n) is 8.53. The Morgan fingerprint density at radius 1 is 1.60 bits per heavy atom. The van der Waals surface area contributed by atoms with Crippen LogP contribution in [0.4, 0.5) is 11.4 Å². The molecule has 1 atom stereocenters. The van der Waals surface area contributed by atoms with Gasteiger partial charge in [-0.25, -0.2) is 0 Å². The van der Waals surface area contributed by atoms with Crippen LogP contribution in [-0.4, -0.2) is 31.5 Å². The third kappa shape index (κ3) is 3.58. The van der Waals surface area contributed by atoms with E-state index in [1.807, 2.05) is 0 Å². The standard InChI is InChI=1S/C10H15ClN2O2/c1-15-6-7(14)5-13-9-4-2-3-8(11)10(9)12/h2-4,7,13-14H,5-6,12H2,1H3. The maximum Gasteiger partial charge on any atom is 0.0945 e. The normalized spacial score (nSPS) is 12.5. The number of ether oxygens (including phenoxy) is 1. The highest BCUT2D eigenvalue weighted by Gasteiger charge is 2.06. The first kappa shape index (κ1) is 12.1. The van der Waals surface area contributed by atoms with Crippen molar-refractivity contribution in [3.8, 4) is 0 Å². The molecule has 5 heteroatoms. The molecular weight excluding hydrogens is 216 g/mol. The molecule has 0 amide bonds. The van der Waals surface area contributed by atoms with E-state index in [9.17, 15) is 5.11 Å². The van der Waals surface area contributed by atoms with Gasteiger partial charge < -0.3 is 20.9 Å². The fraction of sp³-hybridized carbons (Fsp3) is 0.400. The van der Waals surface area contributed by atoms with Crippen molar-refractivity contribution in [3.63, 3.8) is 0 Å². The summed E-state index contributed by atoms with van der Waals surface area (Å²) >= 11 is 5.84. The molecule has 1 unspecified atom stereocenters. The second-order valence-corrected chi connectivity index (χ2v) is 3.60. The lowest BCUT2D eigenvalue weighted by molar-refractivity contribution is 0.0728. The van der Waals surface area contributed by atoms with Crippen molar-refractivity contribution in [1.82, 2.24) is 0 Å². The van der Waals surface area contributed by atoms with E-state index in [0.717, 1.165) is 5.69 Å². The van der Waals surface area contributed by atoms with Crippen molar-refractivity contribution in [2.75, 3.05) is 31.3 Å². The summed E-state index contributed by atoms with van der Waals surface area (Å²) in [5.74, 6) is 0. The summed E-state index contributed by atoms with van der Waals surface area (Å²) < 4.78 is 4.80. The minimum atomic E-state index is -0.562. The van der Waals surface area contributed by atoms with E-state index in [4.69, 9.17) is 22.1 Å². The van der Waals surface area contributed by atoms with Crippen molar-refractivity contribution >= 4 is 23.0 Å². The highest BCUT2D eigenvalue weighted by atomic mass is 35.5. The molecule has 0 heterocycles. The summed E-state index contributed by atoms with van der Waals surface area (Å²) in [7, 11) is 1.54. The smallest absolute Gasteiger partial charge is 0.0945 e. The van der Waals surface area contributed by atoms with Gasteiger partial charge in [0.2, 0.25) is 0 Å². The van der Waals surface area contributed by atoms with Crippen molar-refractivity contribution < 1.29 is 9.84 Å². The third-order valence-electron chi connectivity index (χ3n) is 1.94. The molecule has 4 nitrogen and oxygen atoms in total. The van der Waals surface area contributed by atoms with Crippen LogP contribution in [0.25, 0.3) is 0 Å². The van der Waals surface area contributed by atoms with Crippen LogP contribution in [-0.2, 0) is 4.74 Å². The highest BCUT2D eigenvalue weighted by molar-refractivity contribution is 6.33. The second kappa shape index (κ2) is 5.80. The Balaban J connectivity index is 2.54. The van der Waals surface area contributed by atoms with Crippen LogP contribution in [0.2, 0.25) is 5.02 Å². The van der Waals surface area contributed by atoms with Gasteiger partial charge >= 0.3 is 0 Å². The lowest BCUT2D eigenvalue weighted by Crippen LogP contribution is -2.24. The molecule has 0 fully saturated rings. The summed E-state index contributed by atoms with van der Waals surface area (Å²) in [6.45, 7) is 0.659.